The maximum Gasteiger partial charge on any atom is 0.237 e. The van der Waals surface area contributed by atoms with Crippen molar-refractivity contribution in [3.05, 3.63) is 53.6 Å². The summed E-state index contributed by atoms with van der Waals surface area (Å²) >= 11 is 1.39. The zero-order valence-corrected chi connectivity index (χ0v) is 17.5. The molecule has 29 heavy (non-hydrogen) atoms. The number of nitrogens with one attached hydrogen (secondary N) is 2. The van der Waals surface area contributed by atoms with Gasteiger partial charge in [0, 0.05) is 12.2 Å². The van der Waals surface area contributed by atoms with Crippen LogP contribution in [0.25, 0.3) is 0 Å². The van der Waals surface area contributed by atoms with Gasteiger partial charge in [0.05, 0.1) is 25.2 Å². The number of fused-ring (bicyclic) bond motifs is 1. The van der Waals surface area contributed by atoms with E-state index < -0.39 is 0 Å². The van der Waals surface area contributed by atoms with E-state index in [9.17, 15) is 9.59 Å². The molecule has 0 aromatic heterocycles. The summed E-state index contributed by atoms with van der Waals surface area (Å²) in [7, 11) is 3.20. The van der Waals surface area contributed by atoms with Crippen molar-refractivity contribution >= 4 is 29.3 Å². The molecule has 0 unspecified atom stereocenters. The van der Waals surface area contributed by atoms with E-state index in [2.05, 4.69) is 10.6 Å². The molecule has 0 aliphatic carbocycles. The maximum atomic E-state index is 12.4. The summed E-state index contributed by atoms with van der Waals surface area (Å²) in [5.41, 5.74) is 3.07. The first-order chi connectivity index (χ1) is 14.1. The molecule has 2 amide bonds. The molecular formula is C22H26N2O4S. The fourth-order valence-electron chi connectivity index (χ4n) is 3.26. The third kappa shape index (κ3) is 5.67. The SMILES string of the molecule is COc1ccc(CCNC(=O)CS[C@@H]2CCc3ccccc3NC2=O)cc1OC. The van der Waals surface area contributed by atoms with Crippen molar-refractivity contribution in [3.8, 4) is 11.5 Å². The van der Waals surface area contributed by atoms with Crippen molar-refractivity contribution in [2.45, 2.75) is 24.5 Å². The number of amides is 2. The largest absolute Gasteiger partial charge is 0.493 e. The molecule has 7 heteroatoms. The number of thioether (sulfide) groups is 1. The van der Waals surface area contributed by atoms with Gasteiger partial charge in [0.15, 0.2) is 11.5 Å². The average molecular weight is 415 g/mol. The van der Waals surface area contributed by atoms with E-state index in [0.29, 0.717) is 24.5 Å². The molecule has 0 saturated heterocycles. The van der Waals surface area contributed by atoms with Gasteiger partial charge in [0.2, 0.25) is 11.8 Å². The first kappa shape index (κ1) is 21.0. The summed E-state index contributed by atoms with van der Waals surface area (Å²) in [4.78, 5) is 24.6. The Bertz CT molecular complexity index is 872. The number of carbonyl (C=O) groups is 2. The molecule has 1 atom stereocenters. The number of benzene rings is 2. The van der Waals surface area contributed by atoms with Crippen LogP contribution in [-0.2, 0) is 22.4 Å². The van der Waals surface area contributed by atoms with E-state index in [4.69, 9.17) is 9.47 Å². The number of methoxy groups -OCH3 is 2. The van der Waals surface area contributed by atoms with Gasteiger partial charge in [-0.2, -0.15) is 0 Å². The molecule has 1 aliphatic rings. The lowest BCUT2D eigenvalue weighted by atomic mass is 10.1. The molecule has 0 spiro atoms. The molecule has 0 radical (unpaired) electrons. The van der Waals surface area contributed by atoms with Crippen LogP contribution in [0.15, 0.2) is 42.5 Å². The summed E-state index contributed by atoms with van der Waals surface area (Å²) < 4.78 is 10.5. The number of hydrogen-bond donors (Lipinski definition) is 2. The smallest absolute Gasteiger partial charge is 0.237 e. The third-order valence-corrected chi connectivity index (χ3v) is 6.12. The number of rotatable bonds is 8. The van der Waals surface area contributed by atoms with Gasteiger partial charge in [-0.15, -0.1) is 11.8 Å². The topological polar surface area (TPSA) is 76.7 Å². The highest BCUT2D eigenvalue weighted by Crippen LogP contribution is 2.28. The first-order valence-electron chi connectivity index (χ1n) is 9.58. The van der Waals surface area contributed by atoms with Crippen LogP contribution in [0.4, 0.5) is 5.69 Å². The molecular weight excluding hydrogens is 388 g/mol. The second-order valence-electron chi connectivity index (χ2n) is 6.77. The summed E-state index contributed by atoms with van der Waals surface area (Å²) in [5.74, 6) is 1.52. The minimum atomic E-state index is -0.223. The Morgan fingerprint density at radius 3 is 2.76 bits per heavy atom. The van der Waals surface area contributed by atoms with Crippen molar-refractivity contribution in [3.63, 3.8) is 0 Å². The lowest BCUT2D eigenvalue weighted by Gasteiger charge is -2.13. The highest BCUT2D eigenvalue weighted by Gasteiger charge is 2.24. The maximum absolute atomic E-state index is 12.4. The van der Waals surface area contributed by atoms with E-state index in [1.165, 1.54) is 11.8 Å². The summed E-state index contributed by atoms with van der Waals surface area (Å²) in [6, 6.07) is 13.6. The van der Waals surface area contributed by atoms with Crippen LogP contribution in [0.2, 0.25) is 0 Å². The Morgan fingerprint density at radius 1 is 1.17 bits per heavy atom. The minimum Gasteiger partial charge on any atom is -0.493 e. The summed E-state index contributed by atoms with van der Waals surface area (Å²) in [5, 5.41) is 5.67. The first-order valence-corrected chi connectivity index (χ1v) is 10.6. The molecule has 2 aromatic rings. The third-order valence-electron chi connectivity index (χ3n) is 4.84. The Kier molecular flexibility index (Phi) is 7.41. The van der Waals surface area contributed by atoms with Crippen molar-refractivity contribution < 1.29 is 19.1 Å². The highest BCUT2D eigenvalue weighted by molar-refractivity contribution is 8.01. The van der Waals surface area contributed by atoms with Gasteiger partial charge in [-0.25, -0.2) is 0 Å². The molecule has 2 N–H and O–H groups in total. The summed E-state index contributed by atoms with van der Waals surface area (Å²) in [6.07, 6.45) is 2.25. The van der Waals surface area contributed by atoms with E-state index in [1.807, 2.05) is 42.5 Å². The fraction of sp³-hybridized carbons (Fsp3) is 0.364. The number of ether oxygens (including phenoxy) is 2. The quantitative estimate of drug-likeness (QED) is 0.694. The van der Waals surface area contributed by atoms with E-state index in [-0.39, 0.29) is 22.8 Å². The highest BCUT2D eigenvalue weighted by atomic mass is 32.2. The van der Waals surface area contributed by atoms with E-state index >= 15 is 0 Å². The zero-order chi connectivity index (χ0) is 20.6. The Labute approximate surface area is 175 Å². The average Bonchev–Trinajstić information content (AvgIpc) is 2.90. The molecule has 0 bridgehead atoms. The van der Waals surface area contributed by atoms with Gasteiger partial charge in [0.1, 0.15) is 0 Å². The molecule has 3 rings (SSSR count). The molecule has 0 saturated carbocycles. The monoisotopic (exact) mass is 414 g/mol. The standard InChI is InChI=1S/C22H26N2O4S/c1-27-18-9-7-15(13-19(18)28-2)11-12-23-21(25)14-29-20-10-8-16-5-3-4-6-17(16)24-22(20)26/h3-7,9,13,20H,8,10-12,14H2,1-2H3,(H,23,25)(H,24,26)/t20-/m1/s1. The Balaban J connectivity index is 1.43. The van der Waals surface area contributed by atoms with Crippen molar-refractivity contribution in [2.24, 2.45) is 0 Å². The number of anilines is 1. The second kappa shape index (κ2) is 10.2. The number of hydrogen-bond acceptors (Lipinski definition) is 5. The van der Waals surface area contributed by atoms with Gasteiger partial charge in [-0.1, -0.05) is 24.3 Å². The van der Waals surface area contributed by atoms with Crippen LogP contribution in [0.5, 0.6) is 11.5 Å². The molecule has 2 aromatic carbocycles. The predicted octanol–water partition coefficient (Wildman–Crippen LogP) is 3.05. The van der Waals surface area contributed by atoms with Crippen LogP contribution in [0.3, 0.4) is 0 Å². The van der Waals surface area contributed by atoms with Gasteiger partial charge < -0.3 is 20.1 Å². The second-order valence-corrected chi connectivity index (χ2v) is 7.97. The molecule has 154 valence electrons. The van der Waals surface area contributed by atoms with Crippen LogP contribution in [0, 0.1) is 0 Å². The van der Waals surface area contributed by atoms with Crippen LogP contribution in [0.1, 0.15) is 17.5 Å². The molecule has 1 heterocycles. The van der Waals surface area contributed by atoms with Crippen molar-refractivity contribution in [2.75, 3.05) is 31.8 Å². The van der Waals surface area contributed by atoms with E-state index in [1.54, 1.807) is 14.2 Å². The lowest BCUT2D eigenvalue weighted by molar-refractivity contribution is -0.118. The van der Waals surface area contributed by atoms with Crippen LogP contribution in [-0.4, -0.2) is 43.6 Å². The predicted molar refractivity (Wildman–Crippen MR) is 116 cm³/mol. The van der Waals surface area contributed by atoms with Gasteiger partial charge >= 0.3 is 0 Å². The Morgan fingerprint density at radius 2 is 1.97 bits per heavy atom. The van der Waals surface area contributed by atoms with E-state index in [0.717, 1.165) is 29.7 Å². The van der Waals surface area contributed by atoms with Gasteiger partial charge in [-0.05, 0) is 48.6 Å². The van der Waals surface area contributed by atoms with Gasteiger partial charge in [0.25, 0.3) is 0 Å². The van der Waals surface area contributed by atoms with Crippen molar-refractivity contribution in [1.29, 1.82) is 0 Å². The summed E-state index contributed by atoms with van der Waals surface area (Å²) in [6.45, 7) is 0.525. The fourth-order valence-corrected chi connectivity index (χ4v) is 4.21. The van der Waals surface area contributed by atoms with Crippen LogP contribution < -0.4 is 20.1 Å². The molecule has 6 nitrogen and oxygen atoms in total. The molecule has 1 aliphatic heterocycles. The Hall–Kier alpha value is -2.67. The molecule has 0 fully saturated rings. The minimum absolute atomic E-state index is 0.0296. The number of para-hydroxylation sites is 1. The number of aryl methyl sites for hydroxylation is 1. The normalized spacial score (nSPS) is 15.7. The number of carbonyl (C=O) groups excluding carboxylic acids is 2. The van der Waals surface area contributed by atoms with Gasteiger partial charge in [-0.3, -0.25) is 9.59 Å². The zero-order valence-electron chi connectivity index (χ0n) is 16.7. The van der Waals surface area contributed by atoms with Crippen LogP contribution >= 0.6 is 11.8 Å². The lowest BCUT2D eigenvalue weighted by Crippen LogP contribution is -2.30. The van der Waals surface area contributed by atoms with Crippen molar-refractivity contribution in [1.82, 2.24) is 5.32 Å².